The molecule has 1 saturated heterocycles. The summed E-state index contributed by atoms with van der Waals surface area (Å²) in [6, 6.07) is 6.30. The number of rotatable bonds is 2. The van der Waals surface area contributed by atoms with Gasteiger partial charge in [-0.2, -0.15) is 0 Å². The van der Waals surface area contributed by atoms with Gasteiger partial charge in [0.25, 0.3) is 0 Å². The van der Waals surface area contributed by atoms with E-state index in [0.29, 0.717) is 6.54 Å². The zero-order valence-corrected chi connectivity index (χ0v) is 11.4. The van der Waals surface area contributed by atoms with Gasteiger partial charge in [0.2, 0.25) is 0 Å². The number of benzene rings is 1. The predicted molar refractivity (Wildman–Crippen MR) is 75.8 cm³/mol. The Hall–Kier alpha value is -1.06. The van der Waals surface area contributed by atoms with Crippen LogP contribution in [0.3, 0.4) is 0 Å². The van der Waals surface area contributed by atoms with Gasteiger partial charge in [-0.1, -0.05) is 18.2 Å². The molecule has 0 amide bonds. The highest BCUT2D eigenvalue weighted by Crippen LogP contribution is 2.30. The zero-order valence-electron chi connectivity index (χ0n) is 11.4. The number of nitrogens with zero attached hydrogens (tertiary/aromatic N) is 1. The lowest BCUT2D eigenvalue weighted by Gasteiger charge is -2.28. The van der Waals surface area contributed by atoms with Crippen molar-refractivity contribution in [3.8, 4) is 0 Å². The van der Waals surface area contributed by atoms with Crippen LogP contribution in [0.1, 0.15) is 37.3 Å². The van der Waals surface area contributed by atoms with Crippen LogP contribution in [-0.2, 0) is 6.54 Å². The lowest BCUT2D eigenvalue weighted by atomic mass is 9.98. The van der Waals surface area contributed by atoms with E-state index in [1.807, 2.05) is 6.92 Å². The van der Waals surface area contributed by atoms with E-state index in [1.54, 1.807) is 0 Å². The van der Waals surface area contributed by atoms with E-state index in [9.17, 15) is 5.11 Å². The largest absolute Gasteiger partial charge is 0.390 e. The number of aryl methyl sites for hydroxylation is 1. The highest BCUT2D eigenvalue weighted by atomic mass is 16.3. The van der Waals surface area contributed by atoms with Crippen LogP contribution in [0.2, 0.25) is 0 Å². The average Bonchev–Trinajstić information content (AvgIpc) is 2.50. The molecular formula is C15H24N2O. The summed E-state index contributed by atoms with van der Waals surface area (Å²) in [7, 11) is 0. The summed E-state index contributed by atoms with van der Waals surface area (Å²) in [5.41, 5.74) is 9.09. The van der Waals surface area contributed by atoms with E-state index in [-0.39, 0.29) is 0 Å². The minimum Gasteiger partial charge on any atom is -0.390 e. The Morgan fingerprint density at radius 3 is 2.83 bits per heavy atom. The van der Waals surface area contributed by atoms with E-state index in [0.717, 1.165) is 32.4 Å². The normalized spacial score (nSPS) is 25.0. The average molecular weight is 248 g/mol. The highest BCUT2D eigenvalue weighted by Gasteiger charge is 2.26. The molecule has 0 aliphatic carbocycles. The second kappa shape index (κ2) is 5.29. The number of anilines is 1. The van der Waals surface area contributed by atoms with Crippen molar-refractivity contribution < 1.29 is 5.11 Å². The Kier molecular flexibility index (Phi) is 3.93. The van der Waals surface area contributed by atoms with Crippen molar-refractivity contribution in [2.24, 2.45) is 5.73 Å². The molecule has 1 aliphatic rings. The molecular weight excluding hydrogens is 224 g/mol. The SMILES string of the molecule is Cc1cccc(CN)c1N1CCCC(C)(O)CC1. The van der Waals surface area contributed by atoms with E-state index in [4.69, 9.17) is 5.73 Å². The first-order chi connectivity index (χ1) is 8.53. The van der Waals surface area contributed by atoms with E-state index < -0.39 is 5.60 Å². The highest BCUT2D eigenvalue weighted by molar-refractivity contribution is 5.59. The Morgan fingerprint density at radius 2 is 2.11 bits per heavy atom. The van der Waals surface area contributed by atoms with Gasteiger partial charge in [0.1, 0.15) is 0 Å². The van der Waals surface area contributed by atoms with Crippen molar-refractivity contribution in [3.05, 3.63) is 29.3 Å². The molecule has 1 aliphatic heterocycles. The summed E-state index contributed by atoms with van der Waals surface area (Å²) in [6.45, 7) is 6.57. The third kappa shape index (κ3) is 2.85. The fraction of sp³-hybridized carbons (Fsp3) is 0.600. The molecule has 3 N–H and O–H groups in total. The molecule has 1 fully saturated rings. The summed E-state index contributed by atoms with van der Waals surface area (Å²) in [5, 5.41) is 10.2. The van der Waals surface area contributed by atoms with Gasteiger partial charge >= 0.3 is 0 Å². The van der Waals surface area contributed by atoms with Crippen molar-refractivity contribution >= 4 is 5.69 Å². The second-order valence-electron chi connectivity index (χ2n) is 5.62. The Morgan fingerprint density at radius 1 is 1.33 bits per heavy atom. The molecule has 1 atom stereocenters. The lowest BCUT2D eigenvalue weighted by molar-refractivity contribution is 0.0481. The maximum atomic E-state index is 10.2. The summed E-state index contributed by atoms with van der Waals surface area (Å²) in [6.07, 6.45) is 2.74. The van der Waals surface area contributed by atoms with E-state index in [2.05, 4.69) is 30.0 Å². The van der Waals surface area contributed by atoms with Gasteiger partial charge in [-0.3, -0.25) is 0 Å². The van der Waals surface area contributed by atoms with Gasteiger partial charge < -0.3 is 15.7 Å². The fourth-order valence-electron chi connectivity index (χ4n) is 2.82. The van der Waals surface area contributed by atoms with Crippen LogP contribution in [0.25, 0.3) is 0 Å². The van der Waals surface area contributed by atoms with E-state index in [1.165, 1.54) is 16.8 Å². The van der Waals surface area contributed by atoms with Gasteiger partial charge in [0.05, 0.1) is 5.60 Å². The van der Waals surface area contributed by atoms with Gasteiger partial charge in [0.15, 0.2) is 0 Å². The van der Waals surface area contributed by atoms with Gasteiger partial charge in [-0.15, -0.1) is 0 Å². The summed E-state index contributed by atoms with van der Waals surface area (Å²) in [4.78, 5) is 2.39. The summed E-state index contributed by atoms with van der Waals surface area (Å²) >= 11 is 0. The van der Waals surface area contributed by atoms with Crippen LogP contribution in [0.5, 0.6) is 0 Å². The first-order valence-electron chi connectivity index (χ1n) is 6.79. The molecule has 0 aromatic heterocycles. The minimum absolute atomic E-state index is 0.514. The Labute approximate surface area is 110 Å². The molecule has 1 aromatic rings. The number of aliphatic hydroxyl groups is 1. The van der Waals surface area contributed by atoms with Crippen LogP contribution >= 0.6 is 0 Å². The predicted octanol–water partition coefficient (Wildman–Crippen LogP) is 2.20. The van der Waals surface area contributed by atoms with Gasteiger partial charge in [-0.05, 0) is 44.2 Å². The zero-order chi connectivity index (χ0) is 13.2. The number of para-hydroxylation sites is 1. The van der Waals surface area contributed by atoms with Gasteiger partial charge in [-0.25, -0.2) is 0 Å². The first-order valence-corrected chi connectivity index (χ1v) is 6.79. The Balaban J connectivity index is 2.26. The first kappa shape index (κ1) is 13.4. The standard InChI is InChI=1S/C15H24N2O/c1-12-5-3-6-13(11-16)14(12)17-9-4-7-15(2,18)8-10-17/h3,5-6,18H,4,7-11,16H2,1-2H3. The molecule has 18 heavy (non-hydrogen) atoms. The molecule has 2 rings (SSSR count). The van der Waals surface area contributed by atoms with Crippen molar-refractivity contribution in [1.29, 1.82) is 0 Å². The molecule has 1 unspecified atom stereocenters. The van der Waals surface area contributed by atoms with Crippen molar-refractivity contribution in [2.45, 2.75) is 45.3 Å². The van der Waals surface area contributed by atoms with Crippen LogP contribution in [0.4, 0.5) is 5.69 Å². The molecule has 1 heterocycles. The summed E-state index contributed by atoms with van der Waals surface area (Å²) < 4.78 is 0. The van der Waals surface area contributed by atoms with Crippen molar-refractivity contribution in [3.63, 3.8) is 0 Å². The second-order valence-corrected chi connectivity index (χ2v) is 5.62. The third-order valence-electron chi connectivity index (χ3n) is 3.92. The molecule has 0 bridgehead atoms. The fourth-order valence-corrected chi connectivity index (χ4v) is 2.82. The van der Waals surface area contributed by atoms with Gasteiger partial charge in [0, 0.05) is 25.3 Å². The smallest absolute Gasteiger partial charge is 0.0637 e. The van der Waals surface area contributed by atoms with Crippen molar-refractivity contribution in [2.75, 3.05) is 18.0 Å². The quantitative estimate of drug-likeness (QED) is 0.843. The van der Waals surface area contributed by atoms with Crippen molar-refractivity contribution in [1.82, 2.24) is 0 Å². The van der Waals surface area contributed by atoms with Crippen LogP contribution in [0, 0.1) is 6.92 Å². The monoisotopic (exact) mass is 248 g/mol. The molecule has 100 valence electrons. The van der Waals surface area contributed by atoms with Crippen LogP contribution in [-0.4, -0.2) is 23.8 Å². The topological polar surface area (TPSA) is 49.5 Å². The molecule has 3 nitrogen and oxygen atoms in total. The maximum absolute atomic E-state index is 10.2. The Bertz CT molecular complexity index is 415. The number of hydrogen-bond acceptors (Lipinski definition) is 3. The molecule has 3 heteroatoms. The van der Waals surface area contributed by atoms with E-state index >= 15 is 0 Å². The minimum atomic E-state index is -0.514. The number of nitrogens with two attached hydrogens (primary N) is 1. The van der Waals surface area contributed by atoms with Crippen LogP contribution < -0.4 is 10.6 Å². The third-order valence-corrected chi connectivity index (χ3v) is 3.92. The lowest BCUT2D eigenvalue weighted by Crippen LogP contribution is -2.29. The summed E-state index contributed by atoms with van der Waals surface area (Å²) in [5.74, 6) is 0. The number of hydrogen-bond donors (Lipinski definition) is 2. The molecule has 1 aromatic carbocycles. The molecule has 0 radical (unpaired) electrons. The maximum Gasteiger partial charge on any atom is 0.0637 e. The van der Waals surface area contributed by atoms with Crippen LogP contribution in [0.15, 0.2) is 18.2 Å². The molecule has 0 spiro atoms. The molecule has 0 saturated carbocycles.